The molecule has 0 bridgehead atoms. The van der Waals surface area contributed by atoms with E-state index in [1.165, 1.54) is 9.75 Å². The van der Waals surface area contributed by atoms with Crippen molar-refractivity contribution in [2.45, 2.75) is 47.0 Å². The summed E-state index contributed by atoms with van der Waals surface area (Å²) in [6.07, 6.45) is 0.157. The topological polar surface area (TPSA) is 30.5 Å². The maximum Gasteiger partial charge on any atom is 0.0814 e. The molecule has 1 aromatic heterocycles. The molecular weight excluding hydrogens is 258 g/mol. The Balaban J connectivity index is 2.22. The van der Waals surface area contributed by atoms with E-state index in [4.69, 9.17) is 9.47 Å². The second kappa shape index (κ2) is 9.48. The van der Waals surface area contributed by atoms with Crippen LogP contribution in [0, 0.1) is 5.92 Å². The Morgan fingerprint density at radius 3 is 2.63 bits per heavy atom. The summed E-state index contributed by atoms with van der Waals surface area (Å²) in [5, 5.41) is 3.46. The van der Waals surface area contributed by atoms with Crippen LogP contribution in [0.4, 0.5) is 0 Å². The molecule has 110 valence electrons. The van der Waals surface area contributed by atoms with Gasteiger partial charge in [-0.15, -0.1) is 11.3 Å². The third-order valence-electron chi connectivity index (χ3n) is 2.64. The van der Waals surface area contributed by atoms with Crippen molar-refractivity contribution in [2.75, 3.05) is 19.8 Å². The van der Waals surface area contributed by atoms with E-state index in [1.54, 1.807) is 0 Å². The first-order chi connectivity index (χ1) is 9.11. The molecule has 0 saturated heterocycles. The van der Waals surface area contributed by atoms with Crippen molar-refractivity contribution in [2.24, 2.45) is 5.92 Å². The van der Waals surface area contributed by atoms with Crippen molar-refractivity contribution in [1.29, 1.82) is 0 Å². The summed E-state index contributed by atoms with van der Waals surface area (Å²) >= 11 is 1.82. The van der Waals surface area contributed by atoms with E-state index in [1.807, 2.05) is 25.2 Å². The molecule has 0 amide bonds. The molecule has 0 aliphatic rings. The predicted molar refractivity (Wildman–Crippen MR) is 81.6 cm³/mol. The van der Waals surface area contributed by atoms with Crippen molar-refractivity contribution in [3.8, 4) is 0 Å². The lowest BCUT2D eigenvalue weighted by atomic mass is 10.2. The van der Waals surface area contributed by atoms with Crippen LogP contribution in [0.25, 0.3) is 0 Å². The summed E-state index contributed by atoms with van der Waals surface area (Å²) < 4.78 is 11.1. The zero-order valence-corrected chi connectivity index (χ0v) is 13.4. The Morgan fingerprint density at radius 1 is 1.21 bits per heavy atom. The van der Waals surface area contributed by atoms with Crippen LogP contribution in [0.3, 0.4) is 0 Å². The standard InChI is InChI=1S/C15H27NO2S/c1-5-17-10-13(4)18-11-15-7-6-14(19-15)9-16-8-12(2)3/h6-7,12-13,16H,5,8-11H2,1-4H3. The molecule has 0 spiro atoms. The van der Waals surface area contributed by atoms with Gasteiger partial charge in [0.15, 0.2) is 0 Å². The second-order valence-electron chi connectivity index (χ2n) is 5.17. The van der Waals surface area contributed by atoms with Gasteiger partial charge in [-0.1, -0.05) is 13.8 Å². The van der Waals surface area contributed by atoms with Crippen LogP contribution in [0.2, 0.25) is 0 Å². The lowest BCUT2D eigenvalue weighted by Gasteiger charge is -2.11. The number of ether oxygens (including phenoxy) is 2. The molecule has 1 unspecified atom stereocenters. The smallest absolute Gasteiger partial charge is 0.0814 e. The zero-order chi connectivity index (χ0) is 14.1. The van der Waals surface area contributed by atoms with Gasteiger partial charge in [-0.25, -0.2) is 0 Å². The molecule has 0 fully saturated rings. The third kappa shape index (κ3) is 7.67. The predicted octanol–water partition coefficient (Wildman–Crippen LogP) is 3.44. The highest BCUT2D eigenvalue weighted by atomic mass is 32.1. The van der Waals surface area contributed by atoms with Gasteiger partial charge in [-0.2, -0.15) is 0 Å². The number of nitrogens with one attached hydrogen (secondary N) is 1. The first-order valence-corrected chi connectivity index (χ1v) is 7.91. The molecule has 0 aliphatic heterocycles. The molecule has 0 aliphatic carbocycles. The summed E-state index contributed by atoms with van der Waals surface area (Å²) in [6, 6.07) is 4.34. The van der Waals surface area contributed by atoms with E-state index < -0.39 is 0 Å². The van der Waals surface area contributed by atoms with Crippen molar-refractivity contribution < 1.29 is 9.47 Å². The monoisotopic (exact) mass is 285 g/mol. The molecular formula is C15H27NO2S. The largest absolute Gasteiger partial charge is 0.379 e. The Hall–Kier alpha value is -0.420. The van der Waals surface area contributed by atoms with Crippen molar-refractivity contribution >= 4 is 11.3 Å². The molecule has 1 atom stereocenters. The van der Waals surface area contributed by atoms with Crippen molar-refractivity contribution in [3.63, 3.8) is 0 Å². The summed E-state index contributed by atoms with van der Waals surface area (Å²) in [5.74, 6) is 0.696. The minimum Gasteiger partial charge on any atom is -0.379 e. The lowest BCUT2D eigenvalue weighted by Crippen LogP contribution is -2.18. The first kappa shape index (κ1) is 16.6. The Morgan fingerprint density at radius 2 is 1.95 bits per heavy atom. The van der Waals surface area contributed by atoms with Crippen molar-refractivity contribution in [1.82, 2.24) is 5.32 Å². The SMILES string of the molecule is CCOCC(C)OCc1ccc(CNCC(C)C)s1. The molecule has 1 N–H and O–H groups in total. The van der Waals surface area contributed by atoms with Gasteiger partial charge in [-0.3, -0.25) is 0 Å². The van der Waals surface area contributed by atoms with E-state index in [0.29, 0.717) is 19.1 Å². The quantitative estimate of drug-likeness (QED) is 0.714. The molecule has 3 nitrogen and oxygen atoms in total. The van der Waals surface area contributed by atoms with Gasteiger partial charge < -0.3 is 14.8 Å². The van der Waals surface area contributed by atoms with Gasteiger partial charge in [0, 0.05) is 22.9 Å². The maximum absolute atomic E-state index is 5.75. The average Bonchev–Trinajstić information content (AvgIpc) is 2.81. The van der Waals surface area contributed by atoms with Gasteiger partial charge >= 0.3 is 0 Å². The van der Waals surface area contributed by atoms with Crippen molar-refractivity contribution in [3.05, 3.63) is 21.9 Å². The second-order valence-corrected chi connectivity index (χ2v) is 6.43. The highest BCUT2D eigenvalue weighted by Crippen LogP contribution is 2.18. The summed E-state index contributed by atoms with van der Waals surface area (Å²) in [4.78, 5) is 2.65. The van der Waals surface area contributed by atoms with Gasteiger partial charge in [0.2, 0.25) is 0 Å². The Labute approximate surface area is 121 Å². The summed E-state index contributed by atoms with van der Waals surface area (Å²) in [6.45, 7) is 12.6. The van der Waals surface area contributed by atoms with E-state index in [-0.39, 0.29) is 6.10 Å². The number of hydrogen-bond acceptors (Lipinski definition) is 4. The minimum atomic E-state index is 0.157. The van der Waals surface area contributed by atoms with E-state index in [9.17, 15) is 0 Å². The van der Waals surface area contributed by atoms with Crippen LogP contribution in [-0.4, -0.2) is 25.9 Å². The van der Waals surface area contributed by atoms with Gasteiger partial charge in [0.1, 0.15) is 0 Å². The van der Waals surface area contributed by atoms with Gasteiger partial charge in [-0.05, 0) is 38.4 Å². The number of hydrogen-bond donors (Lipinski definition) is 1. The average molecular weight is 285 g/mol. The van der Waals surface area contributed by atoms with Gasteiger partial charge in [0.25, 0.3) is 0 Å². The molecule has 4 heteroatoms. The Bertz CT molecular complexity index is 339. The van der Waals surface area contributed by atoms with Gasteiger partial charge in [0.05, 0.1) is 19.3 Å². The molecule has 0 radical (unpaired) electrons. The fourth-order valence-electron chi connectivity index (χ4n) is 1.64. The van der Waals surface area contributed by atoms with Crippen LogP contribution in [0.5, 0.6) is 0 Å². The maximum atomic E-state index is 5.75. The van der Waals surface area contributed by atoms with Crippen LogP contribution >= 0.6 is 11.3 Å². The summed E-state index contributed by atoms with van der Waals surface area (Å²) in [7, 11) is 0. The molecule has 1 aromatic rings. The van der Waals surface area contributed by atoms with Crippen LogP contribution < -0.4 is 5.32 Å². The minimum absolute atomic E-state index is 0.157. The molecule has 0 aromatic carbocycles. The molecule has 0 saturated carbocycles. The first-order valence-electron chi connectivity index (χ1n) is 7.09. The molecule has 1 rings (SSSR count). The van der Waals surface area contributed by atoms with Crippen LogP contribution in [0.15, 0.2) is 12.1 Å². The number of rotatable bonds is 10. The molecule has 19 heavy (non-hydrogen) atoms. The highest BCUT2D eigenvalue weighted by Gasteiger charge is 2.05. The summed E-state index contributed by atoms with van der Waals surface area (Å²) in [5.41, 5.74) is 0. The van der Waals surface area contributed by atoms with Crippen LogP contribution in [-0.2, 0) is 22.6 Å². The fourth-order valence-corrected chi connectivity index (χ4v) is 2.55. The third-order valence-corrected chi connectivity index (χ3v) is 3.69. The zero-order valence-electron chi connectivity index (χ0n) is 12.6. The number of thiophene rings is 1. The lowest BCUT2D eigenvalue weighted by molar-refractivity contribution is -0.0107. The van der Waals surface area contributed by atoms with E-state index >= 15 is 0 Å². The normalized spacial score (nSPS) is 13.1. The molecule has 1 heterocycles. The van der Waals surface area contributed by atoms with Crippen LogP contribution in [0.1, 0.15) is 37.4 Å². The Kier molecular flexibility index (Phi) is 8.30. The highest BCUT2D eigenvalue weighted by molar-refractivity contribution is 7.11. The van der Waals surface area contributed by atoms with E-state index in [0.717, 1.165) is 19.7 Å². The fraction of sp³-hybridized carbons (Fsp3) is 0.733. The van der Waals surface area contributed by atoms with E-state index in [2.05, 4.69) is 31.3 Å².